The van der Waals surface area contributed by atoms with E-state index in [2.05, 4.69) is 0 Å². The van der Waals surface area contributed by atoms with Crippen LogP contribution in [0.25, 0.3) is 0 Å². The Kier molecular flexibility index (Phi) is 1.42. The molecule has 0 unspecified atom stereocenters. The summed E-state index contributed by atoms with van der Waals surface area (Å²) in [5, 5.41) is 15.7. The van der Waals surface area contributed by atoms with Gasteiger partial charge in [-0.2, -0.15) is 10.8 Å². The molecule has 0 fully saturated rings. The van der Waals surface area contributed by atoms with Crippen molar-refractivity contribution in [3.05, 3.63) is 0 Å². The lowest BCUT2D eigenvalue weighted by Crippen LogP contribution is -1.90. The van der Waals surface area contributed by atoms with E-state index in [1.165, 1.54) is 6.92 Å². The fourth-order valence-electron chi connectivity index (χ4n) is 0. The topological polar surface area (TPSA) is 44.6 Å². The van der Waals surface area contributed by atoms with Crippen molar-refractivity contribution in [2.24, 2.45) is 0 Å². The average molecular weight is 68.1 g/mol. The summed E-state index contributed by atoms with van der Waals surface area (Å²) in [5.74, 6) is 0. The Morgan fingerprint density at radius 3 is 2.00 bits per heavy atom. The molecule has 0 atom stereocenters. The molecule has 0 saturated carbocycles. The van der Waals surface area contributed by atoms with Crippen LogP contribution in [0.15, 0.2) is 0 Å². The molecule has 0 bridgehead atoms. The van der Waals surface area contributed by atoms with Gasteiger partial charge in [0, 0.05) is 0 Å². The zero-order valence-corrected chi connectivity index (χ0v) is 2.97. The second kappa shape index (κ2) is 1.64. The first-order valence-corrected chi connectivity index (χ1v) is 1.27. The number of hydrogen-bond donors (Lipinski definition) is 0. The van der Waals surface area contributed by atoms with Gasteiger partial charge in [-0.3, -0.25) is 0 Å². The monoisotopic (exact) mass is 68.0 g/mol. The maximum absolute atomic E-state index is 7.97. The molecule has 0 spiro atoms. The average Bonchev–Trinajstić information content (AvgIpc) is 1.38. The third kappa shape index (κ3) is 3.34. The summed E-state index contributed by atoms with van der Waals surface area (Å²) in [7, 11) is 0. The summed E-state index contributed by atoms with van der Waals surface area (Å²) >= 11 is 0. The minimum absolute atomic E-state index is 0.0648. The van der Waals surface area contributed by atoms with Crippen LogP contribution in [0.4, 0.5) is 0 Å². The lowest BCUT2D eigenvalue weighted by atomic mass is 10.5. The molecule has 2 radical (unpaired) electrons. The van der Waals surface area contributed by atoms with E-state index in [1.807, 2.05) is 0 Å². The van der Waals surface area contributed by atoms with Crippen LogP contribution in [0, 0.1) is 0 Å². The Hall–Kier alpha value is -0.660. The van der Waals surface area contributed by atoms with Gasteiger partial charge in [-0.05, 0) is 6.92 Å². The summed E-state index contributed by atoms with van der Waals surface area (Å²) < 4.78 is 0. The smallest absolute Gasteiger partial charge is 0.0800 e. The van der Waals surface area contributed by atoms with Gasteiger partial charge in [-0.15, -0.1) is 0 Å². The molecule has 0 aliphatic carbocycles. The molecule has 0 aliphatic heterocycles. The molecule has 2 nitrogen and oxygen atoms in total. The number of hydrogen-bond acceptors (Lipinski definition) is 0. The highest BCUT2D eigenvalue weighted by molar-refractivity contribution is 6.27. The SMILES string of the molecule is CC(=[N])C=[N]. The molecular weight excluding hydrogens is 64.0 g/mol. The Morgan fingerprint density at radius 1 is 1.80 bits per heavy atom. The Morgan fingerprint density at radius 2 is 2.00 bits per heavy atom. The first kappa shape index (κ1) is 4.34. The van der Waals surface area contributed by atoms with Gasteiger partial charge in [0.25, 0.3) is 0 Å². The molecule has 5 heavy (non-hydrogen) atoms. The molecule has 0 amide bonds. The molecule has 0 aromatic rings. The van der Waals surface area contributed by atoms with E-state index in [1.54, 1.807) is 0 Å². The van der Waals surface area contributed by atoms with Crippen LogP contribution in [0.1, 0.15) is 6.92 Å². The van der Waals surface area contributed by atoms with E-state index in [0.717, 1.165) is 0 Å². The van der Waals surface area contributed by atoms with Gasteiger partial charge in [0.05, 0.1) is 11.9 Å². The van der Waals surface area contributed by atoms with Crippen molar-refractivity contribution in [2.75, 3.05) is 0 Å². The molecule has 0 N–H and O–H groups in total. The van der Waals surface area contributed by atoms with E-state index in [4.69, 9.17) is 10.8 Å². The molecule has 0 heterocycles. The Balaban J connectivity index is 3.20. The second-order valence-corrected chi connectivity index (χ2v) is 0.770. The van der Waals surface area contributed by atoms with Crippen molar-refractivity contribution in [1.82, 2.24) is 10.8 Å². The van der Waals surface area contributed by atoms with Gasteiger partial charge in [-0.25, -0.2) is 0 Å². The summed E-state index contributed by atoms with van der Waals surface area (Å²) in [6.45, 7) is 1.39. The molecular formula is C3H4N2. The second-order valence-electron chi connectivity index (χ2n) is 0.770. The third-order valence-electron chi connectivity index (χ3n) is 0.187. The minimum atomic E-state index is -0.0648. The van der Waals surface area contributed by atoms with Gasteiger partial charge >= 0.3 is 0 Å². The van der Waals surface area contributed by atoms with E-state index in [-0.39, 0.29) is 5.71 Å². The molecule has 0 aliphatic rings. The first-order chi connectivity index (χ1) is 2.27. The normalized spacial score (nSPS) is 6.60. The predicted molar refractivity (Wildman–Crippen MR) is 21.0 cm³/mol. The highest BCUT2D eigenvalue weighted by Crippen LogP contribution is 1.44. The van der Waals surface area contributed by atoms with Gasteiger partial charge < -0.3 is 0 Å². The molecule has 0 rings (SSSR count). The summed E-state index contributed by atoms with van der Waals surface area (Å²) in [6.07, 6.45) is 0.639. The van der Waals surface area contributed by atoms with Crippen LogP contribution in [-0.4, -0.2) is 11.9 Å². The van der Waals surface area contributed by atoms with Crippen molar-refractivity contribution >= 4 is 11.9 Å². The molecule has 26 valence electrons. The fraction of sp³-hybridized carbons (Fsp3) is 0.333. The van der Waals surface area contributed by atoms with E-state index < -0.39 is 0 Å². The maximum atomic E-state index is 7.97. The largest absolute Gasteiger partial charge is 0.157 e. The third-order valence-corrected chi connectivity index (χ3v) is 0.187. The van der Waals surface area contributed by atoms with Crippen LogP contribution in [0.5, 0.6) is 0 Å². The highest BCUT2D eigenvalue weighted by Gasteiger charge is 1.69. The fourth-order valence-corrected chi connectivity index (χ4v) is 0. The zero-order chi connectivity index (χ0) is 4.28. The highest BCUT2D eigenvalue weighted by atomic mass is 14.4. The van der Waals surface area contributed by atoms with Crippen molar-refractivity contribution < 1.29 is 0 Å². The molecule has 0 aromatic heterocycles. The number of nitrogens with zero attached hydrogens (tertiary/aromatic N) is 2. The lowest BCUT2D eigenvalue weighted by Gasteiger charge is -1.62. The van der Waals surface area contributed by atoms with Crippen LogP contribution >= 0.6 is 0 Å². The van der Waals surface area contributed by atoms with Gasteiger partial charge in [0.2, 0.25) is 0 Å². The minimum Gasteiger partial charge on any atom is -0.157 e. The summed E-state index contributed by atoms with van der Waals surface area (Å²) in [4.78, 5) is 0. The standard InChI is InChI=1S/C3H4N2/c1-3(5)2-4/h2H,1H3. The van der Waals surface area contributed by atoms with Crippen molar-refractivity contribution in [2.45, 2.75) is 6.92 Å². The van der Waals surface area contributed by atoms with Crippen LogP contribution in [0.3, 0.4) is 0 Å². The van der Waals surface area contributed by atoms with Gasteiger partial charge in [0.1, 0.15) is 0 Å². The van der Waals surface area contributed by atoms with Crippen LogP contribution < -0.4 is 10.8 Å². The van der Waals surface area contributed by atoms with Crippen molar-refractivity contribution in [3.63, 3.8) is 0 Å². The Bertz CT molecular complexity index is 55.9. The van der Waals surface area contributed by atoms with Crippen molar-refractivity contribution in [1.29, 1.82) is 0 Å². The predicted octanol–water partition coefficient (Wildman–Crippen LogP) is -0.882. The van der Waals surface area contributed by atoms with E-state index >= 15 is 0 Å². The quantitative estimate of drug-likeness (QED) is 0.358. The van der Waals surface area contributed by atoms with E-state index in [9.17, 15) is 0 Å². The maximum Gasteiger partial charge on any atom is 0.0800 e. The van der Waals surface area contributed by atoms with E-state index in [0.29, 0.717) is 6.21 Å². The lowest BCUT2D eigenvalue weighted by molar-refractivity contribution is 1.77. The summed E-state index contributed by atoms with van der Waals surface area (Å²) in [5.41, 5.74) is -0.0648. The number of rotatable bonds is 1. The Labute approximate surface area is 30.8 Å². The van der Waals surface area contributed by atoms with Gasteiger partial charge in [-0.1, -0.05) is 0 Å². The van der Waals surface area contributed by atoms with Crippen LogP contribution in [-0.2, 0) is 0 Å². The molecule has 0 aromatic carbocycles. The molecule has 0 saturated heterocycles. The first-order valence-electron chi connectivity index (χ1n) is 1.27. The summed E-state index contributed by atoms with van der Waals surface area (Å²) in [6, 6.07) is 0. The molecule has 2 heteroatoms. The van der Waals surface area contributed by atoms with Gasteiger partial charge in [0.15, 0.2) is 0 Å². The van der Waals surface area contributed by atoms with Crippen LogP contribution in [0.2, 0.25) is 0 Å². The zero-order valence-electron chi connectivity index (χ0n) is 2.97. The van der Waals surface area contributed by atoms with Crippen molar-refractivity contribution in [3.8, 4) is 0 Å².